The molecule has 0 aromatic heterocycles. The molecule has 1 atom stereocenters. The third-order valence-corrected chi connectivity index (χ3v) is 7.17. The topological polar surface area (TPSA) is 17.1 Å². The molecule has 2 heteroatoms. The molecule has 0 aliphatic rings. The van der Waals surface area contributed by atoms with Gasteiger partial charge in [0.15, 0.2) is 0 Å². The van der Waals surface area contributed by atoms with Gasteiger partial charge in [0.2, 0.25) is 0 Å². The van der Waals surface area contributed by atoms with E-state index in [1.165, 1.54) is 51.4 Å². The van der Waals surface area contributed by atoms with Crippen molar-refractivity contribution >= 4 is 7.14 Å². The highest BCUT2D eigenvalue weighted by atomic mass is 31.2. The van der Waals surface area contributed by atoms with Gasteiger partial charge in [0.05, 0.1) is 7.14 Å². The predicted octanol–water partition coefficient (Wildman–Crippen LogP) is 5.92. The normalized spacial score (nSPS) is 14.8. The van der Waals surface area contributed by atoms with Gasteiger partial charge in [-0.05, 0) is 19.0 Å². The van der Waals surface area contributed by atoms with Gasteiger partial charge in [-0.15, -0.1) is 0 Å². The summed E-state index contributed by atoms with van der Waals surface area (Å²) in [6, 6.07) is 0. The standard InChI is InChI=1S/C15H33OP/c1-4-7-8-9-10-11-12-13-15-17(16,6-3)14-5-2/h4-15H2,1-3H3. The van der Waals surface area contributed by atoms with Crippen molar-refractivity contribution in [3.05, 3.63) is 0 Å². The summed E-state index contributed by atoms with van der Waals surface area (Å²) in [6.07, 6.45) is 14.7. The van der Waals surface area contributed by atoms with Crippen LogP contribution in [0.3, 0.4) is 0 Å². The second-order valence-corrected chi connectivity index (χ2v) is 8.94. The highest BCUT2D eigenvalue weighted by Crippen LogP contribution is 2.46. The van der Waals surface area contributed by atoms with Gasteiger partial charge in [-0.3, -0.25) is 0 Å². The first-order valence-corrected chi connectivity index (χ1v) is 10.0. The molecule has 0 spiro atoms. The van der Waals surface area contributed by atoms with Crippen LogP contribution in [-0.2, 0) is 4.57 Å². The SMILES string of the molecule is CCCCCCCCCCP(=O)(CC)CCC. The Labute approximate surface area is 109 Å². The zero-order chi connectivity index (χ0) is 13.0. The van der Waals surface area contributed by atoms with Crippen molar-refractivity contribution in [1.29, 1.82) is 0 Å². The van der Waals surface area contributed by atoms with Crippen LogP contribution in [0.25, 0.3) is 0 Å². The van der Waals surface area contributed by atoms with Gasteiger partial charge in [0.25, 0.3) is 0 Å². The lowest BCUT2D eigenvalue weighted by molar-refractivity contribution is 0.563. The van der Waals surface area contributed by atoms with Gasteiger partial charge in [-0.25, -0.2) is 0 Å². The molecule has 0 amide bonds. The van der Waals surface area contributed by atoms with E-state index in [-0.39, 0.29) is 0 Å². The highest BCUT2D eigenvalue weighted by Gasteiger charge is 2.17. The summed E-state index contributed by atoms with van der Waals surface area (Å²) in [7, 11) is -1.77. The minimum Gasteiger partial charge on any atom is -0.324 e. The summed E-state index contributed by atoms with van der Waals surface area (Å²) in [4.78, 5) is 0. The van der Waals surface area contributed by atoms with E-state index in [4.69, 9.17) is 0 Å². The van der Waals surface area contributed by atoms with Gasteiger partial charge < -0.3 is 4.57 Å². The molecule has 0 radical (unpaired) electrons. The van der Waals surface area contributed by atoms with E-state index in [1.807, 2.05) is 0 Å². The predicted molar refractivity (Wildman–Crippen MR) is 80.8 cm³/mol. The van der Waals surface area contributed by atoms with Crippen LogP contribution in [0.2, 0.25) is 0 Å². The monoisotopic (exact) mass is 260 g/mol. The van der Waals surface area contributed by atoms with Crippen LogP contribution in [-0.4, -0.2) is 18.5 Å². The molecular weight excluding hydrogens is 227 g/mol. The number of rotatable bonds is 12. The second kappa shape index (κ2) is 11.3. The maximum absolute atomic E-state index is 12.4. The average molecular weight is 260 g/mol. The Kier molecular flexibility index (Phi) is 11.5. The number of hydrogen-bond donors (Lipinski definition) is 0. The van der Waals surface area contributed by atoms with Gasteiger partial charge in [-0.1, -0.05) is 65.7 Å². The molecule has 0 saturated carbocycles. The maximum atomic E-state index is 12.4. The van der Waals surface area contributed by atoms with Gasteiger partial charge in [0.1, 0.15) is 0 Å². The van der Waals surface area contributed by atoms with Crippen LogP contribution in [0.5, 0.6) is 0 Å². The lowest BCUT2D eigenvalue weighted by Gasteiger charge is -2.15. The molecular formula is C15H33OP. The fourth-order valence-electron chi connectivity index (χ4n) is 2.37. The molecule has 0 bridgehead atoms. The third kappa shape index (κ3) is 9.89. The quantitative estimate of drug-likeness (QED) is 0.314. The number of unbranched alkanes of at least 4 members (excludes halogenated alkanes) is 7. The summed E-state index contributed by atoms with van der Waals surface area (Å²) in [6.45, 7) is 6.51. The Morgan fingerprint density at radius 3 is 1.65 bits per heavy atom. The Hall–Kier alpha value is 0.230. The van der Waals surface area contributed by atoms with Crippen LogP contribution in [0.4, 0.5) is 0 Å². The summed E-state index contributed by atoms with van der Waals surface area (Å²) in [5.41, 5.74) is 0. The van der Waals surface area contributed by atoms with Crippen LogP contribution in [0.1, 0.15) is 78.6 Å². The van der Waals surface area contributed by atoms with E-state index in [0.717, 1.165) is 24.9 Å². The molecule has 0 aliphatic carbocycles. The van der Waals surface area contributed by atoms with Crippen molar-refractivity contribution < 1.29 is 4.57 Å². The van der Waals surface area contributed by atoms with E-state index in [2.05, 4.69) is 20.8 Å². The molecule has 104 valence electrons. The smallest absolute Gasteiger partial charge is 0.0874 e. The molecule has 0 N–H and O–H groups in total. The van der Waals surface area contributed by atoms with Crippen molar-refractivity contribution in [3.8, 4) is 0 Å². The lowest BCUT2D eigenvalue weighted by Crippen LogP contribution is -1.97. The lowest BCUT2D eigenvalue weighted by atomic mass is 10.1. The molecule has 1 unspecified atom stereocenters. The fraction of sp³-hybridized carbons (Fsp3) is 1.00. The van der Waals surface area contributed by atoms with Crippen LogP contribution >= 0.6 is 7.14 Å². The molecule has 17 heavy (non-hydrogen) atoms. The van der Waals surface area contributed by atoms with Crippen LogP contribution in [0, 0.1) is 0 Å². The summed E-state index contributed by atoms with van der Waals surface area (Å²) < 4.78 is 12.4. The number of hydrogen-bond acceptors (Lipinski definition) is 1. The van der Waals surface area contributed by atoms with Crippen molar-refractivity contribution in [2.75, 3.05) is 18.5 Å². The van der Waals surface area contributed by atoms with Crippen molar-refractivity contribution in [2.45, 2.75) is 78.6 Å². The molecule has 0 heterocycles. The van der Waals surface area contributed by atoms with Crippen molar-refractivity contribution in [1.82, 2.24) is 0 Å². The first-order valence-electron chi connectivity index (χ1n) is 7.75. The molecule has 0 saturated heterocycles. The van der Waals surface area contributed by atoms with E-state index < -0.39 is 7.14 Å². The Morgan fingerprint density at radius 2 is 1.18 bits per heavy atom. The van der Waals surface area contributed by atoms with Crippen LogP contribution in [0.15, 0.2) is 0 Å². The zero-order valence-corrected chi connectivity index (χ0v) is 13.2. The molecule has 0 aromatic rings. The first kappa shape index (κ1) is 17.2. The molecule has 0 fully saturated rings. The first-order chi connectivity index (χ1) is 8.18. The minimum atomic E-state index is -1.77. The summed E-state index contributed by atoms with van der Waals surface area (Å²) in [5, 5.41) is 0. The highest BCUT2D eigenvalue weighted by molar-refractivity contribution is 7.63. The second-order valence-electron chi connectivity index (χ2n) is 5.30. The maximum Gasteiger partial charge on any atom is 0.0874 e. The van der Waals surface area contributed by atoms with Crippen molar-refractivity contribution in [2.24, 2.45) is 0 Å². The fourth-order valence-corrected chi connectivity index (χ4v) is 4.84. The largest absolute Gasteiger partial charge is 0.324 e. The van der Waals surface area contributed by atoms with E-state index in [0.29, 0.717) is 0 Å². The van der Waals surface area contributed by atoms with E-state index in [1.54, 1.807) is 0 Å². The Balaban J connectivity index is 3.40. The van der Waals surface area contributed by atoms with E-state index in [9.17, 15) is 4.57 Å². The minimum absolute atomic E-state index is 0.914. The van der Waals surface area contributed by atoms with Crippen LogP contribution < -0.4 is 0 Å². The Bertz CT molecular complexity index is 201. The van der Waals surface area contributed by atoms with Gasteiger partial charge >= 0.3 is 0 Å². The van der Waals surface area contributed by atoms with Gasteiger partial charge in [-0.2, -0.15) is 0 Å². The van der Waals surface area contributed by atoms with Crippen molar-refractivity contribution in [3.63, 3.8) is 0 Å². The summed E-state index contributed by atoms with van der Waals surface area (Å²) in [5.74, 6) is 0. The van der Waals surface area contributed by atoms with E-state index >= 15 is 0 Å². The zero-order valence-electron chi connectivity index (χ0n) is 12.3. The van der Waals surface area contributed by atoms with Gasteiger partial charge in [0, 0.05) is 12.3 Å². The molecule has 1 nitrogen and oxygen atoms in total. The summed E-state index contributed by atoms with van der Waals surface area (Å²) >= 11 is 0. The molecule has 0 aliphatic heterocycles. The average Bonchev–Trinajstić information content (AvgIpc) is 2.33. The molecule has 0 aromatic carbocycles. The Morgan fingerprint density at radius 1 is 0.647 bits per heavy atom. The molecule has 0 rings (SSSR count). The third-order valence-electron chi connectivity index (χ3n) is 3.63.